The van der Waals surface area contributed by atoms with Gasteiger partial charge in [0, 0.05) is 30.4 Å². The molecule has 288 valence electrons. The van der Waals surface area contributed by atoms with Crippen LogP contribution in [0.3, 0.4) is 0 Å². The molecule has 6 fully saturated rings. The van der Waals surface area contributed by atoms with Crippen molar-refractivity contribution in [2.24, 2.45) is 29.1 Å². The molecule has 4 saturated carbocycles. The molecule has 4 N–H and O–H groups in total. The molecule has 0 bridgehead atoms. The highest BCUT2D eigenvalue weighted by atomic mass is 16.8. The van der Waals surface area contributed by atoms with Crippen LogP contribution in [0.1, 0.15) is 108 Å². The Balaban J connectivity index is 1.05. The SMILES string of the molecule is C[C@H](O)[C@@H](NC(=O)C1=C[C@H]2OC(C3CC3)(C3CC3)O[C@H]2[C@H](OC(=O)c2ccccc2C=C2CCC3O[C@]3(C)CC[C@@H]3[C@@H]2CC3(C)C)C1)C(=O)NCCO. The lowest BCUT2D eigenvalue weighted by atomic mass is 9.52. The van der Waals surface area contributed by atoms with Gasteiger partial charge in [-0.15, -0.1) is 0 Å². The Bertz CT molecular complexity index is 1670. The van der Waals surface area contributed by atoms with Gasteiger partial charge in [-0.2, -0.15) is 0 Å². The van der Waals surface area contributed by atoms with E-state index in [0.29, 0.717) is 23.0 Å². The highest BCUT2D eigenvalue weighted by Crippen LogP contribution is 2.61. The Morgan fingerprint density at radius 3 is 2.43 bits per heavy atom. The van der Waals surface area contributed by atoms with Crippen molar-refractivity contribution in [3.8, 4) is 0 Å². The van der Waals surface area contributed by atoms with Crippen LogP contribution < -0.4 is 10.6 Å². The molecule has 11 nitrogen and oxygen atoms in total. The van der Waals surface area contributed by atoms with E-state index in [9.17, 15) is 19.5 Å². The van der Waals surface area contributed by atoms with E-state index in [4.69, 9.17) is 24.1 Å². The first-order valence-corrected chi connectivity index (χ1v) is 19.9. The van der Waals surface area contributed by atoms with Gasteiger partial charge >= 0.3 is 5.97 Å². The minimum atomic E-state index is -1.25. The van der Waals surface area contributed by atoms with Crippen molar-refractivity contribution in [1.29, 1.82) is 0 Å². The zero-order valence-corrected chi connectivity index (χ0v) is 31.5. The summed E-state index contributed by atoms with van der Waals surface area (Å²) in [4.78, 5) is 40.8. The maximum atomic E-state index is 14.3. The van der Waals surface area contributed by atoms with Crippen LogP contribution in [0.25, 0.3) is 6.08 Å². The summed E-state index contributed by atoms with van der Waals surface area (Å²) in [6.07, 6.45) is 10.3. The molecule has 1 unspecified atom stereocenters. The van der Waals surface area contributed by atoms with Crippen LogP contribution in [0.4, 0.5) is 0 Å². The van der Waals surface area contributed by atoms with Gasteiger partial charge < -0.3 is 39.8 Å². The first-order valence-electron chi connectivity index (χ1n) is 19.9. The summed E-state index contributed by atoms with van der Waals surface area (Å²) in [7, 11) is 0. The number of rotatable bonds is 11. The van der Waals surface area contributed by atoms with E-state index in [1.165, 1.54) is 12.5 Å². The predicted molar refractivity (Wildman–Crippen MR) is 195 cm³/mol. The summed E-state index contributed by atoms with van der Waals surface area (Å²) >= 11 is 0. The van der Waals surface area contributed by atoms with Gasteiger partial charge in [-0.1, -0.05) is 43.7 Å². The molecule has 1 aromatic carbocycles. The largest absolute Gasteiger partial charge is 0.456 e. The van der Waals surface area contributed by atoms with Crippen molar-refractivity contribution >= 4 is 23.9 Å². The van der Waals surface area contributed by atoms with E-state index < -0.39 is 54.0 Å². The zero-order chi connectivity index (χ0) is 37.3. The molecular formula is C42H56N2O9. The van der Waals surface area contributed by atoms with Gasteiger partial charge in [0.1, 0.15) is 24.4 Å². The van der Waals surface area contributed by atoms with Gasteiger partial charge in [-0.05, 0) is 107 Å². The third-order valence-electron chi connectivity index (χ3n) is 13.3. The minimum absolute atomic E-state index is 0.0102. The standard InChI is InChI=1S/C42H56N2O9/c1-23(46)35(38(48)43-17-18-45)44-37(47)26-20-32(36-33(21-26)51-42(53-36,27-10-11-27)28-12-13-28)50-39(49)29-8-6-5-7-24(29)19-25-9-14-34-41(4,52-34)16-15-31-30(25)22-40(31,2)3/h5-8,19,21,23,27-28,30-36,45-46H,9-18,20,22H2,1-4H3,(H,43,48)(H,44,47)/t23-,30+,31+,32+,33+,34?,35+,36-,41+/m0/s1. The second-order valence-corrected chi connectivity index (χ2v) is 17.7. The van der Waals surface area contributed by atoms with Gasteiger partial charge in [-0.25, -0.2) is 4.79 Å². The number of fused-ring (bicyclic) bond motifs is 3. The second-order valence-electron chi connectivity index (χ2n) is 17.7. The number of amides is 2. The summed E-state index contributed by atoms with van der Waals surface area (Å²) in [5.74, 6) is -0.862. The number of hydrogen-bond acceptors (Lipinski definition) is 9. The van der Waals surface area contributed by atoms with Crippen LogP contribution in [0, 0.1) is 29.1 Å². The van der Waals surface area contributed by atoms with Crippen LogP contribution in [-0.2, 0) is 28.5 Å². The van der Waals surface area contributed by atoms with E-state index in [1.807, 2.05) is 18.2 Å². The molecule has 2 aliphatic heterocycles. The molecule has 1 aromatic rings. The quantitative estimate of drug-likeness (QED) is 0.189. The smallest absolute Gasteiger partial charge is 0.339 e. The second kappa shape index (κ2) is 13.9. The lowest BCUT2D eigenvalue weighted by molar-refractivity contribution is -0.209. The number of carbonyl (C=O) groups is 3. The van der Waals surface area contributed by atoms with Crippen molar-refractivity contribution in [3.05, 3.63) is 52.6 Å². The predicted octanol–water partition coefficient (Wildman–Crippen LogP) is 4.59. The average molecular weight is 733 g/mol. The van der Waals surface area contributed by atoms with Crippen LogP contribution in [0.2, 0.25) is 0 Å². The van der Waals surface area contributed by atoms with Crippen LogP contribution in [0.5, 0.6) is 0 Å². The van der Waals surface area contributed by atoms with E-state index in [1.54, 1.807) is 12.1 Å². The number of nitrogens with one attached hydrogen (secondary N) is 2. The fraction of sp³-hybridized carbons (Fsp3) is 0.690. The molecule has 2 saturated heterocycles. The highest BCUT2D eigenvalue weighted by molar-refractivity contribution is 5.98. The summed E-state index contributed by atoms with van der Waals surface area (Å²) in [6.45, 7) is 8.12. The molecular weight excluding hydrogens is 676 g/mol. The van der Waals surface area contributed by atoms with E-state index in [0.717, 1.165) is 63.4 Å². The molecule has 0 radical (unpaired) electrons. The Kier molecular flexibility index (Phi) is 9.66. The Labute approximate surface area is 312 Å². The fourth-order valence-corrected chi connectivity index (χ4v) is 9.91. The summed E-state index contributed by atoms with van der Waals surface area (Å²) in [5.41, 5.74) is 3.20. The number of epoxide rings is 1. The number of aliphatic hydroxyl groups excluding tert-OH is 2. The van der Waals surface area contributed by atoms with Crippen molar-refractivity contribution < 1.29 is 43.5 Å². The maximum absolute atomic E-state index is 14.3. The Morgan fingerprint density at radius 1 is 1.02 bits per heavy atom. The normalized spacial score (nSPS) is 35.7. The Hall–Kier alpha value is -3.09. The molecule has 2 amide bonds. The number of carbonyl (C=O) groups excluding carboxylic acids is 3. The lowest BCUT2D eigenvalue weighted by Crippen LogP contribution is -2.54. The number of aliphatic hydroxyl groups is 2. The van der Waals surface area contributed by atoms with Crippen molar-refractivity contribution in [3.63, 3.8) is 0 Å². The molecule has 7 aliphatic rings. The minimum Gasteiger partial charge on any atom is -0.456 e. The molecule has 9 atom stereocenters. The van der Waals surface area contributed by atoms with E-state index in [2.05, 4.69) is 37.5 Å². The zero-order valence-electron chi connectivity index (χ0n) is 31.5. The third kappa shape index (κ3) is 7.12. The van der Waals surface area contributed by atoms with Crippen LogP contribution in [-0.4, -0.2) is 89.1 Å². The first kappa shape index (κ1) is 36.9. The molecule has 8 rings (SSSR count). The van der Waals surface area contributed by atoms with Gasteiger partial charge in [0.2, 0.25) is 11.8 Å². The summed E-state index contributed by atoms with van der Waals surface area (Å²) < 4.78 is 26.1. The van der Waals surface area contributed by atoms with Crippen molar-refractivity contribution in [2.45, 2.75) is 140 Å². The first-order chi connectivity index (χ1) is 25.3. The van der Waals surface area contributed by atoms with Crippen molar-refractivity contribution in [2.75, 3.05) is 13.2 Å². The van der Waals surface area contributed by atoms with Crippen LogP contribution in [0.15, 0.2) is 41.5 Å². The number of hydrogen-bond donors (Lipinski definition) is 4. The summed E-state index contributed by atoms with van der Waals surface area (Å²) in [6, 6.07) is 6.34. The Morgan fingerprint density at radius 2 is 1.75 bits per heavy atom. The van der Waals surface area contributed by atoms with Gasteiger partial charge in [0.25, 0.3) is 0 Å². The monoisotopic (exact) mass is 732 g/mol. The molecule has 11 heteroatoms. The van der Waals surface area contributed by atoms with E-state index in [-0.39, 0.29) is 48.5 Å². The molecule has 0 aromatic heterocycles. The van der Waals surface area contributed by atoms with Gasteiger partial charge in [0.05, 0.1) is 30.0 Å². The molecule has 2 heterocycles. The maximum Gasteiger partial charge on any atom is 0.339 e. The molecule has 0 spiro atoms. The van der Waals surface area contributed by atoms with Gasteiger partial charge in [0.15, 0.2) is 5.79 Å². The number of benzene rings is 1. The number of esters is 1. The third-order valence-corrected chi connectivity index (χ3v) is 13.3. The number of ether oxygens (including phenoxy) is 4. The fourth-order valence-electron chi connectivity index (χ4n) is 9.91. The highest BCUT2D eigenvalue weighted by Gasteiger charge is 2.65. The summed E-state index contributed by atoms with van der Waals surface area (Å²) in [5, 5.41) is 24.7. The lowest BCUT2D eigenvalue weighted by Gasteiger charge is -2.53. The van der Waals surface area contributed by atoms with E-state index >= 15 is 0 Å². The van der Waals surface area contributed by atoms with Crippen LogP contribution >= 0.6 is 0 Å². The number of allylic oxidation sites excluding steroid dienone is 1. The van der Waals surface area contributed by atoms with Crippen molar-refractivity contribution in [1.82, 2.24) is 10.6 Å². The van der Waals surface area contributed by atoms with Gasteiger partial charge in [-0.3, -0.25) is 9.59 Å². The molecule has 53 heavy (non-hydrogen) atoms. The topological polar surface area (TPSA) is 156 Å². The molecule has 5 aliphatic carbocycles. The average Bonchev–Trinajstić information content (AvgIpc) is 4.03.